The third-order valence-electron chi connectivity index (χ3n) is 3.12. The van der Waals surface area contributed by atoms with Crippen molar-refractivity contribution in [1.29, 1.82) is 0 Å². The van der Waals surface area contributed by atoms with Gasteiger partial charge in [-0.3, -0.25) is 4.79 Å². The minimum Gasteiger partial charge on any atom is -0.340 e. The Morgan fingerprint density at radius 3 is 2.18 bits per heavy atom. The summed E-state index contributed by atoms with van der Waals surface area (Å²) < 4.78 is 52.7. The van der Waals surface area contributed by atoms with E-state index in [-0.39, 0.29) is 11.1 Å². The monoisotopic (exact) mass is 311 g/mol. The highest BCUT2D eigenvalue weighted by molar-refractivity contribution is 5.94. The summed E-state index contributed by atoms with van der Waals surface area (Å²) >= 11 is 0. The summed E-state index contributed by atoms with van der Waals surface area (Å²) in [5, 5.41) is 1.92. The Balaban J connectivity index is 2.18. The molecule has 0 aromatic heterocycles. The van der Waals surface area contributed by atoms with Gasteiger partial charge >= 0.3 is 6.18 Å². The van der Waals surface area contributed by atoms with Gasteiger partial charge in [0.15, 0.2) is 0 Å². The third kappa shape index (κ3) is 4.07. The van der Waals surface area contributed by atoms with Gasteiger partial charge in [-0.25, -0.2) is 4.39 Å². The molecule has 22 heavy (non-hydrogen) atoms. The number of hydrogen-bond donors (Lipinski definition) is 1. The number of halogens is 4. The van der Waals surface area contributed by atoms with Crippen molar-refractivity contribution in [3.63, 3.8) is 0 Å². The van der Waals surface area contributed by atoms with Crippen LogP contribution >= 0.6 is 0 Å². The van der Waals surface area contributed by atoms with E-state index < -0.39 is 30.4 Å². The number of rotatable bonds is 4. The average molecular weight is 311 g/mol. The molecule has 2 nitrogen and oxygen atoms in total. The Bertz CT molecular complexity index is 640. The smallest absolute Gasteiger partial charge is 0.340 e. The third-order valence-corrected chi connectivity index (χ3v) is 3.12. The molecule has 0 saturated heterocycles. The van der Waals surface area contributed by atoms with E-state index in [9.17, 15) is 22.4 Å². The summed E-state index contributed by atoms with van der Waals surface area (Å²) in [5.74, 6) is -1.58. The molecule has 0 unspecified atom stereocenters. The second-order valence-corrected chi connectivity index (χ2v) is 4.73. The number of alkyl halides is 3. The van der Waals surface area contributed by atoms with Crippen LogP contribution in [0.1, 0.15) is 15.9 Å². The van der Waals surface area contributed by atoms with Gasteiger partial charge in [0.1, 0.15) is 11.9 Å². The van der Waals surface area contributed by atoms with Gasteiger partial charge in [0.25, 0.3) is 5.91 Å². The van der Waals surface area contributed by atoms with Gasteiger partial charge < -0.3 is 5.32 Å². The molecule has 0 heterocycles. The lowest BCUT2D eigenvalue weighted by Gasteiger charge is -2.22. The van der Waals surface area contributed by atoms with E-state index in [1.807, 2.05) is 5.32 Å². The maximum Gasteiger partial charge on any atom is 0.408 e. The second-order valence-electron chi connectivity index (χ2n) is 4.73. The Labute approximate surface area is 124 Å². The van der Waals surface area contributed by atoms with Crippen molar-refractivity contribution in [2.45, 2.75) is 18.6 Å². The first-order chi connectivity index (χ1) is 10.4. The molecule has 0 aliphatic carbocycles. The van der Waals surface area contributed by atoms with E-state index in [0.29, 0.717) is 0 Å². The molecule has 0 aliphatic heterocycles. The fraction of sp³-hybridized carbons (Fsp3) is 0.188. The minimum atomic E-state index is -4.67. The molecule has 0 bridgehead atoms. The maximum absolute atomic E-state index is 13.5. The summed E-state index contributed by atoms with van der Waals surface area (Å²) in [4.78, 5) is 11.9. The fourth-order valence-electron chi connectivity index (χ4n) is 1.96. The average Bonchev–Trinajstić information content (AvgIpc) is 2.48. The Kier molecular flexibility index (Phi) is 4.80. The SMILES string of the molecule is O=C(N[C@@H](Cc1ccccc1F)C(F)(F)F)c1ccccc1. The lowest BCUT2D eigenvalue weighted by molar-refractivity contribution is -0.153. The van der Waals surface area contributed by atoms with Crippen LogP contribution in [0.25, 0.3) is 0 Å². The van der Waals surface area contributed by atoms with Gasteiger partial charge in [-0.2, -0.15) is 13.2 Å². The number of carbonyl (C=O) groups excluding carboxylic acids is 1. The van der Waals surface area contributed by atoms with E-state index in [2.05, 4.69) is 0 Å². The molecule has 116 valence electrons. The summed E-state index contributed by atoms with van der Waals surface area (Å²) in [6.45, 7) is 0. The van der Waals surface area contributed by atoms with Crippen molar-refractivity contribution in [3.8, 4) is 0 Å². The molecule has 6 heteroatoms. The molecular weight excluding hydrogens is 298 g/mol. The Morgan fingerprint density at radius 2 is 1.59 bits per heavy atom. The molecule has 0 radical (unpaired) electrons. The van der Waals surface area contributed by atoms with Crippen LogP contribution in [0.15, 0.2) is 54.6 Å². The largest absolute Gasteiger partial charge is 0.408 e. The number of nitrogens with one attached hydrogen (secondary N) is 1. The normalized spacial score (nSPS) is 12.7. The summed E-state index contributed by atoms with van der Waals surface area (Å²) in [6, 6.07) is 10.6. The van der Waals surface area contributed by atoms with E-state index in [4.69, 9.17) is 0 Å². The molecule has 0 spiro atoms. The van der Waals surface area contributed by atoms with Gasteiger partial charge in [0, 0.05) is 12.0 Å². The molecule has 2 aromatic rings. The van der Waals surface area contributed by atoms with Gasteiger partial charge in [-0.15, -0.1) is 0 Å². The lowest BCUT2D eigenvalue weighted by atomic mass is 10.0. The summed E-state index contributed by atoms with van der Waals surface area (Å²) in [5.41, 5.74) is 0.0171. The number of carbonyl (C=O) groups is 1. The fourth-order valence-corrected chi connectivity index (χ4v) is 1.96. The van der Waals surface area contributed by atoms with E-state index in [0.717, 1.165) is 6.07 Å². The summed E-state index contributed by atoms with van der Waals surface area (Å²) in [7, 11) is 0. The maximum atomic E-state index is 13.5. The van der Waals surface area contributed by atoms with Crippen LogP contribution in [0.4, 0.5) is 17.6 Å². The van der Waals surface area contributed by atoms with Crippen LogP contribution in [0.2, 0.25) is 0 Å². The number of benzene rings is 2. The molecule has 0 saturated carbocycles. The predicted molar refractivity (Wildman–Crippen MR) is 73.9 cm³/mol. The van der Waals surface area contributed by atoms with Gasteiger partial charge in [-0.1, -0.05) is 36.4 Å². The first-order valence-corrected chi connectivity index (χ1v) is 6.54. The molecule has 2 rings (SSSR count). The van der Waals surface area contributed by atoms with Gasteiger partial charge in [0.2, 0.25) is 0 Å². The molecule has 0 fully saturated rings. The predicted octanol–water partition coefficient (Wildman–Crippen LogP) is 3.73. The minimum absolute atomic E-state index is 0.0989. The Hall–Kier alpha value is -2.37. The van der Waals surface area contributed by atoms with E-state index >= 15 is 0 Å². The molecule has 1 atom stereocenters. The number of amides is 1. The Morgan fingerprint density at radius 1 is 1.00 bits per heavy atom. The first kappa shape index (κ1) is 16.0. The van der Waals surface area contributed by atoms with Crippen LogP contribution in [0.5, 0.6) is 0 Å². The highest BCUT2D eigenvalue weighted by Gasteiger charge is 2.41. The van der Waals surface area contributed by atoms with Crippen LogP contribution < -0.4 is 5.32 Å². The van der Waals surface area contributed by atoms with Gasteiger partial charge in [0.05, 0.1) is 0 Å². The topological polar surface area (TPSA) is 29.1 Å². The zero-order valence-electron chi connectivity index (χ0n) is 11.4. The van der Waals surface area contributed by atoms with Crippen LogP contribution in [-0.2, 0) is 6.42 Å². The first-order valence-electron chi connectivity index (χ1n) is 6.54. The van der Waals surface area contributed by atoms with Crippen LogP contribution in [0, 0.1) is 5.82 Å². The quantitative estimate of drug-likeness (QED) is 0.857. The molecule has 1 amide bonds. The standard InChI is InChI=1S/C16H13F4NO/c17-13-9-5-4-8-12(13)10-14(16(18,19)20)21-15(22)11-6-2-1-3-7-11/h1-9,14H,10H2,(H,21,22)/t14-/m0/s1. The molecule has 0 aliphatic rings. The van der Waals surface area contributed by atoms with Crippen molar-refractivity contribution in [1.82, 2.24) is 5.32 Å². The van der Waals surface area contributed by atoms with Crippen molar-refractivity contribution >= 4 is 5.91 Å². The summed E-state index contributed by atoms with van der Waals surface area (Å²) in [6.07, 6.45) is -5.33. The lowest BCUT2D eigenvalue weighted by Crippen LogP contribution is -2.47. The van der Waals surface area contributed by atoms with Crippen molar-refractivity contribution in [3.05, 3.63) is 71.5 Å². The van der Waals surface area contributed by atoms with Crippen LogP contribution in [0.3, 0.4) is 0 Å². The van der Waals surface area contributed by atoms with Crippen molar-refractivity contribution < 1.29 is 22.4 Å². The second kappa shape index (κ2) is 6.60. The van der Waals surface area contributed by atoms with Crippen molar-refractivity contribution in [2.75, 3.05) is 0 Å². The highest BCUT2D eigenvalue weighted by atomic mass is 19.4. The van der Waals surface area contributed by atoms with Crippen LogP contribution in [-0.4, -0.2) is 18.1 Å². The van der Waals surface area contributed by atoms with Gasteiger partial charge in [-0.05, 0) is 23.8 Å². The molecule has 2 aromatic carbocycles. The highest BCUT2D eigenvalue weighted by Crippen LogP contribution is 2.24. The van der Waals surface area contributed by atoms with E-state index in [1.54, 1.807) is 18.2 Å². The van der Waals surface area contributed by atoms with E-state index in [1.165, 1.54) is 30.3 Å². The zero-order valence-corrected chi connectivity index (χ0v) is 11.4. The van der Waals surface area contributed by atoms with Crippen molar-refractivity contribution in [2.24, 2.45) is 0 Å². The molecule has 1 N–H and O–H groups in total. The number of hydrogen-bond acceptors (Lipinski definition) is 1. The zero-order chi connectivity index (χ0) is 16.2. The molecular formula is C16H13F4NO.